The zero-order valence-corrected chi connectivity index (χ0v) is 15.6. The van der Waals surface area contributed by atoms with Crippen LogP contribution in [0.5, 0.6) is 0 Å². The largest absolute Gasteiger partial charge is 0.352 e. The number of hydrogen-bond donors (Lipinski definition) is 1. The van der Waals surface area contributed by atoms with Gasteiger partial charge >= 0.3 is 0 Å². The molecule has 3 rings (SSSR count). The Morgan fingerprint density at radius 3 is 2.73 bits per heavy atom. The van der Waals surface area contributed by atoms with Crippen LogP contribution in [0, 0.1) is 17.1 Å². The van der Waals surface area contributed by atoms with E-state index in [9.17, 15) is 4.39 Å². The number of nitrogens with zero attached hydrogens (tertiary/aromatic N) is 4. The van der Waals surface area contributed by atoms with E-state index in [0.717, 1.165) is 38.7 Å². The standard InChI is InChI=1S/C19H22FN5S/c1-22-19(23-13-16-5-4-15(12-21)11-18(16)20)25-8-6-24(7-9-25)14-17-3-2-10-26-17/h2-5,10-11H,6-9,13-14H2,1H3,(H,22,23). The van der Waals surface area contributed by atoms with Gasteiger partial charge in [-0.1, -0.05) is 12.1 Å². The van der Waals surface area contributed by atoms with Crippen molar-refractivity contribution in [3.8, 4) is 6.07 Å². The van der Waals surface area contributed by atoms with E-state index >= 15 is 0 Å². The summed E-state index contributed by atoms with van der Waals surface area (Å²) in [5, 5.41) is 14.2. The smallest absolute Gasteiger partial charge is 0.194 e. The van der Waals surface area contributed by atoms with Crippen molar-refractivity contribution < 1.29 is 4.39 Å². The van der Waals surface area contributed by atoms with Gasteiger partial charge in [0, 0.05) is 56.8 Å². The number of benzene rings is 1. The highest BCUT2D eigenvalue weighted by Gasteiger charge is 2.20. The van der Waals surface area contributed by atoms with Crippen LogP contribution in [-0.2, 0) is 13.1 Å². The number of rotatable bonds is 4. The molecule has 0 bridgehead atoms. The molecule has 1 aliphatic rings. The summed E-state index contributed by atoms with van der Waals surface area (Å²) in [4.78, 5) is 10.4. The average molecular weight is 371 g/mol. The van der Waals surface area contributed by atoms with Gasteiger partial charge in [0.15, 0.2) is 5.96 Å². The highest BCUT2D eigenvalue weighted by molar-refractivity contribution is 7.09. The summed E-state index contributed by atoms with van der Waals surface area (Å²) in [7, 11) is 1.75. The molecular formula is C19H22FN5S. The first-order valence-electron chi connectivity index (χ1n) is 8.58. The van der Waals surface area contributed by atoms with E-state index < -0.39 is 0 Å². The molecule has 0 spiro atoms. The van der Waals surface area contributed by atoms with Gasteiger partial charge in [0.05, 0.1) is 11.6 Å². The lowest BCUT2D eigenvalue weighted by atomic mass is 10.1. The minimum absolute atomic E-state index is 0.331. The fourth-order valence-corrected chi connectivity index (χ4v) is 3.75. The SMILES string of the molecule is CN=C(NCc1ccc(C#N)cc1F)N1CCN(Cc2cccs2)CC1. The van der Waals surface area contributed by atoms with Gasteiger partial charge in [-0.25, -0.2) is 4.39 Å². The zero-order chi connectivity index (χ0) is 18.4. The summed E-state index contributed by atoms with van der Waals surface area (Å²) < 4.78 is 14.0. The van der Waals surface area contributed by atoms with E-state index in [4.69, 9.17) is 5.26 Å². The Bertz CT molecular complexity index is 789. The molecule has 1 aromatic heterocycles. The van der Waals surface area contributed by atoms with Crippen LogP contribution in [-0.4, -0.2) is 49.0 Å². The van der Waals surface area contributed by atoms with Gasteiger partial charge in [-0.05, 0) is 23.6 Å². The first kappa shape index (κ1) is 18.4. The number of guanidine groups is 1. The number of hydrogen-bond acceptors (Lipinski definition) is 4. The van der Waals surface area contributed by atoms with E-state index in [1.807, 2.05) is 6.07 Å². The molecule has 136 valence electrons. The van der Waals surface area contributed by atoms with Crippen molar-refractivity contribution in [3.05, 3.63) is 57.5 Å². The number of nitriles is 1. The van der Waals surface area contributed by atoms with Crippen molar-refractivity contribution >= 4 is 17.3 Å². The van der Waals surface area contributed by atoms with Crippen molar-refractivity contribution in [2.75, 3.05) is 33.2 Å². The Balaban J connectivity index is 1.51. The Morgan fingerprint density at radius 1 is 1.31 bits per heavy atom. The number of piperazine rings is 1. The lowest BCUT2D eigenvalue weighted by Crippen LogP contribution is -2.52. The Morgan fingerprint density at radius 2 is 2.12 bits per heavy atom. The lowest BCUT2D eigenvalue weighted by molar-refractivity contribution is 0.173. The molecule has 0 unspecified atom stereocenters. The number of aliphatic imine (C=N–C) groups is 1. The summed E-state index contributed by atoms with van der Waals surface area (Å²) in [6.45, 7) is 5.07. The maximum Gasteiger partial charge on any atom is 0.194 e. The zero-order valence-electron chi connectivity index (χ0n) is 14.8. The topological polar surface area (TPSA) is 54.7 Å². The van der Waals surface area contributed by atoms with Crippen molar-refractivity contribution in [2.24, 2.45) is 4.99 Å². The maximum absolute atomic E-state index is 14.0. The van der Waals surface area contributed by atoms with E-state index in [0.29, 0.717) is 17.7 Å². The first-order chi connectivity index (χ1) is 12.7. The van der Waals surface area contributed by atoms with Crippen LogP contribution in [0.3, 0.4) is 0 Å². The third kappa shape index (κ3) is 4.59. The van der Waals surface area contributed by atoms with Gasteiger partial charge in [-0.3, -0.25) is 9.89 Å². The van der Waals surface area contributed by atoms with Gasteiger partial charge in [-0.15, -0.1) is 11.3 Å². The van der Waals surface area contributed by atoms with Gasteiger partial charge in [0.2, 0.25) is 0 Å². The van der Waals surface area contributed by atoms with Crippen molar-refractivity contribution in [1.82, 2.24) is 15.1 Å². The molecule has 0 radical (unpaired) electrons. The van der Waals surface area contributed by atoms with Gasteiger partial charge in [-0.2, -0.15) is 5.26 Å². The van der Waals surface area contributed by atoms with E-state index in [2.05, 4.69) is 37.6 Å². The highest BCUT2D eigenvalue weighted by Crippen LogP contribution is 2.14. The number of halogens is 1. The van der Waals surface area contributed by atoms with Crippen molar-refractivity contribution in [2.45, 2.75) is 13.1 Å². The van der Waals surface area contributed by atoms with Gasteiger partial charge in [0.1, 0.15) is 5.82 Å². The Labute approximate surface area is 157 Å². The maximum atomic E-state index is 14.0. The second kappa shape index (κ2) is 8.79. The van der Waals surface area contributed by atoms with Crippen LogP contribution in [0.15, 0.2) is 40.7 Å². The van der Waals surface area contributed by atoms with Crippen LogP contribution in [0.25, 0.3) is 0 Å². The summed E-state index contributed by atoms with van der Waals surface area (Å²) in [6, 6.07) is 10.7. The molecule has 1 aliphatic heterocycles. The predicted octanol–water partition coefficient (Wildman–Crippen LogP) is 2.65. The van der Waals surface area contributed by atoms with Crippen LogP contribution < -0.4 is 5.32 Å². The molecule has 0 atom stereocenters. The third-order valence-electron chi connectivity index (χ3n) is 4.46. The number of thiophene rings is 1. The van der Waals surface area contributed by atoms with E-state index in [1.54, 1.807) is 30.5 Å². The number of nitrogens with one attached hydrogen (secondary N) is 1. The molecule has 2 heterocycles. The first-order valence-corrected chi connectivity index (χ1v) is 9.46. The molecule has 1 fully saturated rings. The monoisotopic (exact) mass is 371 g/mol. The molecule has 26 heavy (non-hydrogen) atoms. The van der Waals surface area contributed by atoms with Crippen LogP contribution in [0.1, 0.15) is 16.0 Å². The molecule has 1 N–H and O–H groups in total. The molecular weight excluding hydrogens is 349 g/mol. The van der Waals surface area contributed by atoms with Crippen molar-refractivity contribution in [1.29, 1.82) is 5.26 Å². The molecule has 2 aromatic rings. The quantitative estimate of drug-likeness (QED) is 0.663. The molecule has 0 saturated carbocycles. The molecule has 5 nitrogen and oxygen atoms in total. The second-order valence-electron chi connectivity index (χ2n) is 6.16. The molecule has 0 aliphatic carbocycles. The fourth-order valence-electron chi connectivity index (χ4n) is 3.01. The van der Waals surface area contributed by atoms with Crippen molar-refractivity contribution in [3.63, 3.8) is 0 Å². The average Bonchev–Trinajstić information content (AvgIpc) is 3.17. The van der Waals surface area contributed by atoms with E-state index in [1.165, 1.54) is 10.9 Å². The van der Waals surface area contributed by atoms with Crippen LogP contribution >= 0.6 is 11.3 Å². The Kier molecular flexibility index (Phi) is 6.21. The molecule has 1 saturated heterocycles. The molecule has 7 heteroatoms. The molecule has 1 aromatic carbocycles. The lowest BCUT2D eigenvalue weighted by Gasteiger charge is -2.36. The molecule has 0 amide bonds. The fraction of sp³-hybridized carbons (Fsp3) is 0.368. The summed E-state index contributed by atoms with van der Waals surface area (Å²) in [5.74, 6) is 0.414. The normalized spacial score (nSPS) is 15.7. The van der Waals surface area contributed by atoms with E-state index in [-0.39, 0.29) is 5.82 Å². The highest BCUT2D eigenvalue weighted by atomic mass is 32.1. The summed E-state index contributed by atoms with van der Waals surface area (Å²) >= 11 is 1.79. The predicted molar refractivity (Wildman–Crippen MR) is 102 cm³/mol. The Hall–Kier alpha value is -2.43. The third-order valence-corrected chi connectivity index (χ3v) is 5.32. The minimum atomic E-state index is -0.368. The minimum Gasteiger partial charge on any atom is -0.352 e. The van der Waals surface area contributed by atoms with Gasteiger partial charge in [0.25, 0.3) is 0 Å². The van der Waals surface area contributed by atoms with Crippen LogP contribution in [0.2, 0.25) is 0 Å². The van der Waals surface area contributed by atoms with Crippen LogP contribution in [0.4, 0.5) is 4.39 Å². The second-order valence-corrected chi connectivity index (χ2v) is 7.19. The summed E-state index contributed by atoms with van der Waals surface area (Å²) in [5.41, 5.74) is 0.860. The van der Waals surface area contributed by atoms with Gasteiger partial charge < -0.3 is 10.2 Å². The summed E-state index contributed by atoms with van der Waals surface area (Å²) in [6.07, 6.45) is 0.